The zero-order chi connectivity index (χ0) is 16.3. The Morgan fingerprint density at radius 2 is 2.04 bits per heavy atom. The Morgan fingerprint density at radius 1 is 1.17 bits per heavy atom. The van der Waals surface area contributed by atoms with Crippen LogP contribution in [0.1, 0.15) is 51.9 Å². The van der Waals surface area contributed by atoms with E-state index < -0.39 is 0 Å². The standard InChI is InChI=1S/C20H28O3/c1-2-3-4-5-6-10-13-18-19(23-18)16-15-17-12-9-7-8-11-14-20(21)22-17/h3-4,6-7,9-10,15-19H,2,5,8,11-14H2,1H3. The van der Waals surface area contributed by atoms with E-state index in [1.807, 2.05) is 12.2 Å². The molecule has 0 aromatic heterocycles. The smallest absolute Gasteiger partial charge is 0.306 e. The molecule has 3 nitrogen and oxygen atoms in total. The third-order valence-electron chi connectivity index (χ3n) is 3.92. The minimum absolute atomic E-state index is 0.0975. The fourth-order valence-electron chi connectivity index (χ4n) is 2.52. The van der Waals surface area contributed by atoms with E-state index in [2.05, 4.69) is 43.4 Å². The van der Waals surface area contributed by atoms with Gasteiger partial charge in [-0.05, 0) is 38.2 Å². The number of allylic oxidation sites excluding steroid dienone is 4. The summed E-state index contributed by atoms with van der Waals surface area (Å²) in [6.07, 6.45) is 23.4. The number of hydrogen-bond donors (Lipinski definition) is 0. The zero-order valence-corrected chi connectivity index (χ0v) is 14.0. The lowest BCUT2D eigenvalue weighted by molar-refractivity contribution is -0.146. The monoisotopic (exact) mass is 316 g/mol. The van der Waals surface area contributed by atoms with Crippen molar-refractivity contribution >= 4 is 5.97 Å². The van der Waals surface area contributed by atoms with E-state index in [1.54, 1.807) is 0 Å². The fourth-order valence-corrected chi connectivity index (χ4v) is 2.52. The fraction of sp³-hybridized carbons (Fsp3) is 0.550. The van der Waals surface area contributed by atoms with Gasteiger partial charge in [-0.25, -0.2) is 0 Å². The highest BCUT2D eigenvalue weighted by molar-refractivity contribution is 5.69. The average Bonchev–Trinajstić information content (AvgIpc) is 3.27. The van der Waals surface area contributed by atoms with Crippen molar-refractivity contribution < 1.29 is 14.3 Å². The first kappa shape index (κ1) is 17.7. The first-order valence-corrected chi connectivity index (χ1v) is 8.78. The van der Waals surface area contributed by atoms with E-state index in [4.69, 9.17) is 9.47 Å². The molecule has 126 valence electrons. The highest BCUT2D eigenvalue weighted by Crippen LogP contribution is 2.27. The third kappa shape index (κ3) is 7.47. The number of cyclic esters (lactones) is 1. The summed E-state index contributed by atoms with van der Waals surface area (Å²) in [4.78, 5) is 11.6. The van der Waals surface area contributed by atoms with Crippen LogP contribution in [0.2, 0.25) is 0 Å². The molecular formula is C20H28O3. The number of carbonyl (C=O) groups is 1. The summed E-state index contributed by atoms with van der Waals surface area (Å²) in [5.74, 6) is -0.0975. The van der Waals surface area contributed by atoms with Gasteiger partial charge in [-0.2, -0.15) is 0 Å². The van der Waals surface area contributed by atoms with Crippen molar-refractivity contribution in [2.75, 3.05) is 0 Å². The molecule has 2 rings (SSSR count). The summed E-state index contributed by atoms with van der Waals surface area (Å²) < 4.78 is 11.1. The molecule has 1 saturated heterocycles. The largest absolute Gasteiger partial charge is 0.458 e. The van der Waals surface area contributed by atoms with Crippen molar-refractivity contribution in [1.82, 2.24) is 0 Å². The maximum atomic E-state index is 11.6. The molecule has 3 atom stereocenters. The maximum absolute atomic E-state index is 11.6. The Morgan fingerprint density at radius 3 is 2.91 bits per heavy atom. The summed E-state index contributed by atoms with van der Waals surface area (Å²) in [5.41, 5.74) is 0. The lowest BCUT2D eigenvalue weighted by Gasteiger charge is -2.11. The topological polar surface area (TPSA) is 38.8 Å². The Bertz CT molecular complexity index is 473. The molecule has 0 aromatic rings. The first-order valence-electron chi connectivity index (χ1n) is 8.78. The first-order chi connectivity index (χ1) is 11.3. The quantitative estimate of drug-likeness (QED) is 0.390. The van der Waals surface area contributed by atoms with Crippen LogP contribution in [0.15, 0.2) is 48.6 Å². The van der Waals surface area contributed by atoms with Crippen LogP contribution >= 0.6 is 0 Å². The van der Waals surface area contributed by atoms with Gasteiger partial charge >= 0.3 is 5.97 Å². The van der Waals surface area contributed by atoms with E-state index in [0.717, 1.165) is 38.5 Å². The predicted octanol–water partition coefficient (Wildman–Crippen LogP) is 4.65. The molecule has 23 heavy (non-hydrogen) atoms. The molecular weight excluding hydrogens is 288 g/mol. The normalized spacial score (nSPS) is 28.9. The molecule has 0 spiro atoms. The van der Waals surface area contributed by atoms with Gasteiger partial charge in [0.1, 0.15) is 12.2 Å². The molecule has 2 aliphatic rings. The van der Waals surface area contributed by atoms with E-state index in [9.17, 15) is 4.79 Å². The van der Waals surface area contributed by atoms with Crippen LogP contribution in [0.4, 0.5) is 0 Å². The van der Waals surface area contributed by atoms with Crippen LogP contribution in [0, 0.1) is 0 Å². The van der Waals surface area contributed by atoms with E-state index >= 15 is 0 Å². The molecule has 0 aliphatic carbocycles. The van der Waals surface area contributed by atoms with Gasteiger partial charge in [0.15, 0.2) is 0 Å². The minimum Gasteiger partial charge on any atom is -0.458 e. The van der Waals surface area contributed by atoms with Gasteiger partial charge in [-0.15, -0.1) is 0 Å². The second kappa shape index (κ2) is 10.2. The Kier molecular flexibility index (Phi) is 7.88. The van der Waals surface area contributed by atoms with Crippen LogP contribution in [0.3, 0.4) is 0 Å². The van der Waals surface area contributed by atoms with Crippen molar-refractivity contribution in [3.05, 3.63) is 48.6 Å². The lowest BCUT2D eigenvalue weighted by atomic mass is 10.1. The summed E-state index contributed by atoms with van der Waals surface area (Å²) >= 11 is 0. The SMILES string of the molecule is CCC=CCC=CCC1OC1C=CC1CC=CCCCC(=O)O1. The molecule has 0 aromatic carbocycles. The van der Waals surface area contributed by atoms with Crippen LogP contribution in [0.25, 0.3) is 0 Å². The molecule has 3 heteroatoms. The van der Waals surface area contributed by atoms with Gasteiger partial charge in [0, 0.05) is 12.8 Å². The van der Waals surface area contributed by atoms with Gasteiger partial charge in [0.05, 0.1) is 6.10 Å². The molecule has 3 unspecified atom stereocenters. The van der Waals surface area contributed by atoms with Gasteiger partial charge in [-0.3, -0.25) is 4.79 Å². The molecule has 0 saturated carbocycles. The van der Waals surface area contributed by atoms with Crippen LogP contribution in [-0.4, -0.2) is 24.3 Å². The summed E-state index contributed by atoms with van der Waals surface area (Å²) in [5, 5.41) is 0. The molecule has 0 N–H and O–H groups in total. The summed E-state index contributed by atoms with van der Waals surface area (Å²) in [6.45, 7) is 2.14. The number of ether oxygens (including phenoxy) is 2. The van der Waals surface area contributed by atoms with Crippen molar-refractivity contribution in [2.45, 2.75) is 70.2 Å². The van der Waals surface area contributed by atoms with Gasteiger partial charge in [-0.1, -0.05) is 49.5 Å². The predicted molar refractivity (Wildman–Crippen MR) is 93.1 cm³/mol. The summed E-state index contributed by atoms with van der Waals surface area (Å²) in [6, 6.07) is 0. The Labute approximate surface area is 139 Å². The van der Waals surface area contributed by atoms with Gasteiger partial charge < -0.3 is 9.47 Å². The zero-order valence-electron chi connectivity index (χ0n) is 14.0. The second-order valence-corrected chi connectivity index (χ2v) is 5.97. The number of carbonyl (C=O) groups excluding carboxylic acids is 1. The van der Waals surface area contributed by atoms with E-state index in [-0.39, 0.29) is 24.3 Å². The lowest BCUT2D eigenvalue weighted by Crippen LogP contribution is -2.15. The number of hydrogen-bond acceptors (Lipinski definition) is 3. The third-order valence-corrected chi connectivity index (χ3v) is 3.92. The van der Waals surface area contributed by atoms with Crippen LogP contribution in [0.5, 0.6) is 0 Å². The maximum Gasteiger partial charge on any atom is 0.306 e. The van der Waals surface area contributed by atoms with Gasteiger partial charge in [0.2, 0.25) is 0 Å². The van der Waals surface area contributed by atoms with Crippen molar-refractivity contribution in [1.29, 1.82) is 0 Å². The molecule has 0 radical (unpaired) electrons. The Balaban J connectivity index is 1.69. The van der Waals surface area contributed by atoms with Crippen LogP contribution < -0.4 is 0 Å². The number of esters is 1. The molecule has 1 fully saturated rings. The van der Waals surface area contributed by atoms with Crippen molar-refractivity contribution in [3.63, 3.8) is 0 Å². The van der Waals surface area contributed by atoms with Crippen molar-refractivity contribution in [3.8, 4) is 0 Å². The second-order valence-electron chi connectivity index (χ2n) is 5.97. The Hall–Kier alpha value is -1.61. The highest BCUT2D eigenvalue weighted by Gasteiger charge is 2.35. The molecule has 0 bridgehead atoms. The number of epoxide rings is 1. The summed E-state index contributed by atoms with van der Waals surface area (Å²) in [7, 11) is 0. The molecule has 0 amide bonds. The average molecular weight is 316 g/mol. The van der Waals surface area contributed by atoms with Crippen molar-refractivity contribution in [2.24, 2.45) is 0 Å². The molecule has 2 heterocycles. The highest BCUT2D eigenvalue weighted by atomic mass is 16.6. The number of rotatable bonds is 7. The molecule has 2 aliphatic heterocycles. The van der Waals surface area contributed by atoms with E-state index in [0.29, 0.717) is 6.42 Å². The van der Waals surface area contributed by atoms with Gasteiger partial charge in [0.25, 0.3) is 0 Å². The van der Waals surface area contributed by atoms with E-state index in [1.165, 1.54) is 0 Å². The minimum atomic E-state index is -0.156. The van der Waals surface area contributed by atoms with Crippen LogP contribution in [-0.2, 0) is 14.3 Å².